The first-order valence-corrected chi connectivity index (χ1v) is 7.93. The van der Waals surface area contributed by atoms with Gasteiger partial charge in [-0.2, -0.15) is 0 Å². The molecule has 3 rings (SSSR count). The highest BCUT2D eigenvalue weighted by Gasteiger charge is 2.13. The smallest absolute Gasteiger partial charge is 0.258 e. The average Bonchev–Trinajstić information content (AvgIpc) is 2.99. The summed E-state index contributed by atoms with van der Waals surface area (Å²) in [6.45, 7) is 0. The molecule has 2 heterocycles. The van der Waals surface area contributed by atoms with E-state index in [0.29, 0.717) is 9.60 Å². The van der Waals surface area contributed by atoms with Gasteiger partial charge in [-0.15, -0.1) is 11.3 Å². The zero-order chi connectivity index (χ0) is 15.5. The van der Waals surface area contributed by atoms with Gasteiger partial charge >= 0.3 is 0 Å². The minimum atomic E-state index is -0.469. The summed E-state index contributed by atoms with van der Waals surface area (Å²) in [5.74, 6) is -0.887. The first kappa shape index (κ1) is 14.8. The first-order chi connectivity index (χ1) is 10.6. The van der Waals surface area contributed by atoms with Gasteiger partial charge in [-0.3, -0.25) is 15.1 Å². The number of halogens is 2. The molecule has 1 N–H and O–H groups in total. The molecule has 0 saturated carbocycles. The van der Waals surface area contributed by atoms with Crippen LogP contribution >= 0.6 is 27.3 Å². The predicted molar refractivity (Wildman–Crippen MR) is 87.4 cm³/mol. The van der Waals surface area contributed by atoms with E-state index in [-0.39, 0.29) is 5.56 Å². The third-order valence-corrected chi connectivity index (χ3v) is 4.30. The first-order valence-electron chi connectivity index (χ1n) is 6.26. The molecule has 2 aromatic heterocycles. The maximum atomic E-state index is 13.3. The van der Waals surface area contributed by atoms with Crippen molar-refractivity contribution in [2.75, 3.05) is 5.32 Å². The van der Waals surface area contributed by atoms with Crippen LogP contribution in [0.3, 0.4) is 0 Å². The number of thiazole rings is 1. The number of pyridine rings is 1. The van der Waals surface area contributed by atoms with Gasteiger partial charge in [-0.25, -0.2) is 9.37 Å². The van der Waals surface area contributed by atoms with E-state index in [9.17, 15) is 9.18 Å². The fraction of sp³-hybridized carbons (Fsp3) is 0. The van der Waals surface area contributed by atoms with Crippen LogP contribution < -0.4 is 5.32 Å². The van der Waals surface area contributed by atoms with Gasteiger partial charge in [0, 0.05) is 27.8 Å². The second kappa shape index (κ2) is 6.33. The molecule has 1 amide bonds. The van der Waals surface area contributed by atoms with Crippen LogP contribution in [0, 0.1) is 5.82 Å². The normalized spacial score (nSPS) is 10.5. The van der Waals surface area contributed by atoms with Gasteiger partial charge in [0.1, 0.15) is 5.82 Å². The molecule has 0 spiro atoms. The molecule has 1 aromatic carbocycles. The Morgan fingerprint density at radius 2 is 2.18 bits per heavy atom. The molecular weight excluding hydrogens is 369 g/mol. The average molecular weight is 378 g/mol. The van der Waals surface area contributed by atoms with Crippen LogP contribution in [-0.2, 0) is 0 Å². The second-order valence-electron chi connectivity index (χ2n) is 4.36. The lowest BCUT2D eigenvalue weighted by atomic mass is 10.2. The second-order valence-corrected chi connectivity index (χ2v) is 6.07. The largest absolute Gasteiger partial charge is 0.298 e. The lowest BCUT2D eigenvalue weighted by Crippen LogP contribution is -2.12. The minimum absolute atomic E-state index is 0.220. The van der Waals surface area contributed by atoms with Crippen molar-refractivity contribution in [3.63, 3.8) is 0 Å². The summed E-state index contributed by atoms with van der Waals surface area (Å²) in [7, 11) is 0. The number of carbonyl (C=O) groups is 1. The fourth-order valence-electron chi connectivity index (χ4n) is 1.81. The Bertz CT molecular complexity index is 823. The van der Waals surface area contributed by atoms with E-state index < -0.39 is 11.7 Å². The summed E-state index contributed by atoms with van der Waals surface area (Å²) in [5, 5.41) is 4.94. The molecule has 0 atom stereocenters. The topological polar surface area (TPSA) is 54.9 Å². The molecule has 0 aliphatic carbocycles. The number of nitrogens with one attached hydrogen (secondary N) is 1. The van der Waals surface area contributed by atoms with Gasteiger partial charge in [0.15, 0.2) is 5.13 Å². The number of carbonyl (C=O) groups excluding carboxylic acids is 1. The fourth-order valence-corrected chi connectivity index (χ4v) is 2.96. The minimum Gasteiger partial charge on any atom is -0.298 e. The molecule has 110 valence electrons. The zero-order valence-corrected chi connectivity index (χ0v) is 13.5. The van der Waals surface area contributed by atoms with Crippen molar-refractivity contribution in [3.05, 3.63) is 64.0 Å². The van der Waals surface area contributed by atoms with Crippen molar-refractivity contribution in [1.29, 1.82) is 0 Å². The lowest BCUT2D eigenvalue weighted by Gasteiger charge is -2.04. The Labute approximate surface area is 138 Å². The van der Waals surface area contributed by atoms with Gasteiger partial charge in [0.25, 0.3) is 5.91 Å². The summed E-state index contributed by atoms with van der Waals surface area (Å²) in [6.07, 6.45) is 3.38. The van der Waals surface area contributed by atoms with Gasteiger partial charge in [-0.05, 0) is 46.3 Å². The highest BCUT2D eigenvalue weighted by molar-refractivity contribution is 9.10. The molecule has 0 fully saturated rings. The van der Waals surface area contributed by atoms with Crippen LogP contribution in [0.2, 0.25) is 0 Å². The molecule has 0 aliphatic heterocycles. The summed E-state index contributed by atoms with van der Waals surface area (Å²) in [5.41, 5.74) is 1.82. The summed E-state index contributed by atoms with van der Waals surface area (Å²) < 4.78 is 13.8. The molecule has 0 unspecified atom stereocenters. The molecule has 0 aliphatic rings. The van der Waals surface area contributed by atoms with Gasteiger partial charge < -0.3 is 0 Å². The Morgan fingerprint density at radius 1 is 1.32 bits per heavy atom. The number of amides is 1. The number of anilines is 1. The number of hydrogen-bond donors (Lipinski definition) is 1. The molecule has 7 heteroatoms. The van der Waals surface area contributed by atoms with Crippen molar-refractivity contribution in [3.8, 4) is 11.3 Å². The summed E-state index contributed by atoms with van der Waals surface area (Å²) >= 11 is 4.53. The van der Waals surface area contributed by atoms with E-state index in [1.807, 2.05) is 17.5 Å². The lowest BCUT2D eigenvalue weighted by molar-refractivity contribution is 0.102. The van der Waals surface area contributed by atoms with Gasteiger partial charge in [0.05, 0.1) is 11.3 Å². The Balaban J connectivity index is 1.81. The van der Waals surface area contributed by atoms with Crippen LogP contribution in [0.1, 0.15) is 10.4 Å². The maximum Gasteiger partial charge on any atom is 0.258 e. The number of rotatable bonds is 3. The third-order valence-electron chi connectivity index (χ3n) is 2.85. The van der Waals surface area contributed by atoms with Crippen molar-refractivity contribution in [2.45, 2.75) is 0 Å². The molecule has 3 aromatic rings. The van der Waals surface area contributed by atoms with E-state index >= 15 is 0 Å². The van der Waals surface area contributed by atoms with Crippen LogP contribution in [0.5, 0.6) is 0 Å². The molecule has 0 radical (unpaired) electrons. The maximum absolute atomic E-state index is 13.3. The number of nitrogens with zero attached hydrogens (tertiary/aromatic N) is 2. The van der Waals surface area contributed by atoms with E-state index in [0.717, 1.165) is 11.3 Å². The van der Waals surface area contributed by atoms with Crippen LogP contribution in [0.15, 0.2) is 52.6 Å². The Morgan fingerprint density at radius 3 is 2.95 bits per heavy atom. The van der Waals surface area contributed by atoms with Crippen molar-refractivity contribution >= 4 is 38.3 Å². The van der Waals surface area contributed by atoms with Crippen molar-refractivity contribution in [2.24, 2.45) is 0 Å². The van der Waals surface area contributed by atoms with E-state index in [4.69, 9.17) is 0 Å². The van der Waals surface area contributed by atoms with Crippen molar-refractivity contribution in [1.82, 2.24) is 9.97 Å². The van der Waals surface area contributed by atoms with Crippen LogP contribution in [-0.4, -0.2) is 15.9 Å². The number of aromatic nitrogens is 2. The molecule has 0 saturated heterocycles. The van der Waals surface area contributed by atoms with Gasteiger partial charge in [-0.1, -0.05) is 0 Å². The molecule has 4 nitrogen and oxygen atoms in total. The highest BCUT2D eigenvalue weighted by Crippen LogP contribution is 2.25. The summed E-state index contributed by atoms with van der Waals surface area (Å²) in [6, 6.07) is 7.65. The quantitative estimate of drug-likeness (QED) is 0.737. The van der Waals surface area contributed by atoms with E-state index in [2.05, 4.69) is 31.2 Å². The zero-order valence-electron chi connectivity index (χ0n) is 11.1. The Hall–Kier alpha value is -2.12. The number of hydrogen-bond acceptors (Lipinski definition) is 4. The molecule has 0 bridgehead atoms. The Kier molecular flexibility index (Phi) is 4.26. The van der Waals surface area contributed by atoms with E-state index in [1.54, 1.807) is 12.4 Å². The van der Waals surface area contributed by atoms with Gasteiger partial charge in [0.2, 0.25) is 0 Å². The SMILES string of the molecule is O=C(Nc1nc(-c2cccnc2)cs1)c1cc(F)ccc1Br. The van der Waals surface area contributed by atoms with Crippen LogP contribution in [0.25, 0.3) is 11.3 Å². The van der Waals surface area contributed by atoms with Crippen LogP contribution in [0.4, 0.5) is 9.52 Å². The standard InChI is InChI=1S/C15H9BrFN3OS/c16-12-4-3-10(17)6-11(12)14(21)20-15-19-13(8-22-15)9-2-1-5-18-7-9/h1-8H,(H,19,20,21). The van der Waals surface area contributed by atoms with E-state index in [1.165, 1.54) is 29.5 Å². The molecule has 22 heavy (non-hydrogen) atoms. The monoisotopic (exact) mass is 377 g/mol. The highest BCUT2D eigenvalue weighted by atomic mass is 79.9. The predicted octanol–water partition coefficient (Wildman–Crippen LogP) is 4.36. The number of benzene rings is 1. The summed E-state index contributed by atoms with van der Waals surface area (Å²) in [4.78, 5) is 20.5. The van der Waals surface area contributed by atoms with Crippen molar-refractivity contribution < 1.29 is 9.18 Å². The molecular formula is C15H9BrFN3OS. The third kappa shape index (κ3) is 3.20.